The average Bonchev–Trinajstić information content (AvgIpc) is 2.54. The molecule has 0 saturated carbocycles. The standard InChI is InChI=1S/C17H11F3N2O/c18-17(19,20)12-5-3-4-11(8-12)16(23)9-13-10-21-14-6-1-2-7-15(14)22-13/h1-8,10H,9H2. The maximum Gasteiger partial charge on any atom is 0.416 e. The lowest BCUT2D eigenvalue weighted by atomic mass is 10.0. The molecule has 0 aliphatic carbocycles. The summed E-state index contributed by atoms with van der Waals surface area (Å²) in [5.74, 6) is -0.430. The topological polar surface area (TPSA) is 42.9 Å². The molecule has 116 valence electrons. The Hall–Kier alpha value is -2.76. The van der Waals surface area contributed by atoms with Gasteiger partial charge in [0.2, 0.25) is 0 Å². The lowest BCUT2D eigenvalue weighted by Crippen LogP contribution is -2.09. The van der Waals surface area contributed by atoms with Crippen LogP contribution in [0.2, 0.25) is 0 Å². The minimum Gasteiger partial charge on any atom is -0.294 e. The molecule has 0 fully saturated rings. The molecule has 1 aromatic heterocycles. The molecule has 0 unspecified atom stereocenters. The van der Waals surface area contributed by atoms with Crippen LogP contribution >= 0.6 is 0 Å². The third kappa shape index (κ3) is 3.36. The zero-order valence-electron chi connectivity index (χ0n) is 11.8. The monoisotopic (exact) mass is 316 g/mol. The highest BCUT2D eigenvalue weighted by atomic mass is 19.4. The number of ketones is 1. The van der Waals surface area contributed by atoms with Gasteiger partial charge in [0.05, 0.1) is 28.7 Å². The molecule has 0 aliphatic rings. The molecule has 0 saturated heterocycles. The minimum absolute atomic E-state index is 0.00906. The fourth-order valence-electron chi connectivity index (χ4n) is 2.22. The van der Waals surface area contributed by atoms with Crippen LogP contribution < -0.4 is 0 Å². The fraction of sp³-hybridized carbons (Fsp3) is 0.118. The van der Waals surface area contributed by atoms with Crippen molar-refractivity contribution in [2.45, 2.75) is 12.6 Å². The van der Waals surface area contributed by atoms with Gasteiger partial charge in [-0.05, 0) is 24.3 Å². The van der Waals surface area contributed by atoms with Gasteiger partial charge < -0.3 is 0 Å². The number of hydrogen-bond acceptors (Lipinski definition) is 3. The van der Waals surface area contributed by atoms with Crippen molar-refractivity contribution in [1.29, 1.82) is 0 Å². The number of hydrogen-bond donors (Lipinski definition) is 0. The number of halogens is 3. The maximum atomic E-state index is 12.7. The highest BCUT2D eigenvalue weighted by Crippen LogP contribution is 2.29. The van der Waals surface area contributed by atoms with Gasteiger partial charge in [-0.25, -0.2) is 4.98 Å². The van der Waals surface area contributed by atoms with Crippen molar-refractivity contribution in [3.63, 3.8) is 0 Å². The van der Waals surface area contributed by atoms with Gasteiger partial charge in [0.1, 0.15) is 0 Å². The maximum absolute atomic E-state index is 12.7. The number of rotatable bonds is 3. The molecule has 3 rings (SSSR count). The van der Waals surface area contributed by atoms with Crippen molar-refractivity contribution >= 4 is 16.8 Å². The summed E-state index contributed by atoms with van der Waals surface area (Å²) >= 11 is 0. The Morgan fingerprint density at radius 1 is 1.00 bits per heavy atom. The van der Waals surface area contributed by atoms with E-state index in [1.165, 1.54) is 18.3 Å². The van der Waals surface area contributed by atoms with Crippen molar-refractivity contribution in [3.8, 4) is 0 Å². The van der Waals surface area contributed by atoms with E-state index in [2.05, 4.69) is 9.97 Å². The summed E-state index contributed by atoms with van der Waals surface area (Å²) in [5.41, 5.74) is 0.929. The first-order valence-electron chi connectivity index (χ1n) is 6.84. The van der Waals surface area contributed by atoms with Crippen LogP contribution in [-0.2, 0) is 12.6 Å². The van der Waals surface area contributed by atoms with Crippen molar-refractivity contribution < 1.29 is 18.0 Å². The van der Waals surface area contributed by atoms with E-state index in [0.717, 1.165) is 12.1 Å². The molecule has 23 heavy (non-hydrogen) atoms. The van der Waals surface area contributed by atoms with Crippen molar-refractivity contribution in [2.75, 3.05) is 0 Å². The summed E-state index contributed by atoms with van der Waals surface area (Å²) in [5, 5.41) is 0. The lowest BCUT2D eigenvalue weighted by Gasteiger charge is -2.08. The van der Waals surface area contributed by atoms with Gasteiger partial charge in [0.25, 0.3) is 0 Å². The summed E-state index contributed by atoms with van der Waals surface area (Å²) < 4.78 is 38.1. The van der Waals surface area contributed by atoms with E-state index in [4.69, 9.17) is 0 Å². The van der Waals surface area contributed by atoms with E-state index < -0.39 is 17.5 Å². The van der Waals surface area contributed by atoms with Crippen molar-refractivity contribution in [1.82, 2.24) is 9.97 Å². The van der Waals surface area contributed by atoms with Gasteiger partial charge >= 0.3 is 6.18 Å². The molecule has 0 amide bonds. The van der Waals surface area contributed by atoms with Gasteiger partial charge in [-0.3, -0.25) is 9.78 Å². The molecular formula is C17H11F3N2O. The third-order valence-corrected chi connectivity index (χ3v) is 3.35. The third-order valence-electron chi connectivity index (χ3n) is 3.35. The Morgan fingerprint density at radius 2 is 1.74 bits per heavy atom. The zero-order chi connectivity index (χ0) is 16.4. The molecule has 0 bridgehead atoms. The van der Waals surface area contributed by atoms with E-state index in [9.17, 15) is 18.0 Å². The van der Waals surface area contributed by atoms with E-state index in [1.807, 2.05) is 6.07 Å². The molecule has 0 radical (unpaired) electrons. The number of benzene rings is 2. The van der Waals surface area contributed by atoms with Crippen molar-refractivity contribution in [3.05, 3.63) is 71.5 Å². The molecule has 3 aromatic rings. The van der Waals surface area contributed by atoms with Gasteiger partial charge in [0.15, 0.2) is 5.78 Å². The van der Waals surface area contributed by atoms with Crippen molar-refractivity contribution in [2.24, 2.45) is 0 Å². The normalized spacial score (nSPS) is 11.6. The SMILES string of the molecule is O=C(Cc1cnc2ccccc2n1)c1cccc(C(F)(F)F)c1. The van der Waals surface area contributed by atoms with Gasteiger partial charge in [-0.2, -0.15) is 13.2 Å². The number of alkyl halides is 3. The van der Waals surface area contributed by atoms with Crippen LogP contribution in [0, 0.1) is 0 Å². The molecule has 6 heteroatoms. The number of carbonyl (C=O) groups excluding carboxylic acids is 1. The molecule has 3 nitrogen and oxygen atoms in total. The van der Waals surface area contributed by atoms with Crippen LogP contribution in [-0.4, -0.2) is 15.8 Å². The predicted molar refractivity (Wildman–Crippen MR) is 79.0 cm³/mol. The van der Waals surface area contributed by atoms with E-state index in [1.54, 1.807) is 18.2 Å². The van der Waals surface area contributed by atoms with E-state index >= 15 is 0 Å². The Kier molecular flexibility index (Phi) is 3.82. The second-order valence-corrected chi connectivity index (χ2v) is 5.03. The number of fused-ring (bicyclic) bond motifs is 1. The quantitative estimate of drug-likeness (QED) is 0.684. The summed E-state index contributed by atoms with van der Waals surface area (Å²) in [4.78, 5) is 20.7. The summed E-state index contributed by atoms with van der Waals surface area (Å²) in [6.45, 7) is 0. The second-order valence-electron chi connectivity index (χ2n) is 5.03. The largest absolute Gasteiger partial charge is 0.416 e. The molecule has 0 atom stereocenters. The van der Waals surface area contributed by atoms with E-state index in [0.29, 0.717) is 16.7 Å². The smallest absolute Gasteiger partial charge is 0.294 e. The van der Waals surface area contributed by atoms with Crippen LogP contribution in [0.15, 0.2) is 54.7 Å². The van der Waals surface area contributed by atoms with Crippen LogP contribution in [0.25, 0.3) is 11.0 Å². The molecular weight excluding hydrogens is 305 g/mol. The number of nitrogens with zero attached hydrogens (tertiary/aromatic N) is 2. The number of aromatic nitrogens is 2. The van der Waals surface area contributed by atoms with Crippen LogP contribution in [0.5, 0.6) is 0 Å². The fourth-order valence-corrected chi connectivity index (χ4v) is 2.22. The molecule has 0 N–H and O–H groups in total. The molecule has 0 spiro atoms. The Labute approximate surface area is 129 Å². The van der Waals surface area contributed by atoms with Gasteiger partial charge in [0, 0.05) is 11.8 Å². The molecule has 1 heterocycles. The second kappa shape index (κ2) is 5.79. The summed E-state index contributed by atoms with van der Waals surface area (Å²) in [6, 6.07) is 11.6. The minimum atomic E-state index is -4.47. The van der Waals surface area contributed by atoms with Crippen LogP contribution in [0.1, 0.15) is 21.6 Å². The van der Waals surface area contributed by atoms with Gasteiger partial charge in [-0.15, -0.1) is 0 Å². The van der Waals surface area contributed by atoms with Gasteiger partial charge in [-0.1, -0.05) is 24.3 Å². The number of carbonyl (C=O) groups is 1. The first kappa shape index (κ1) is 15.1. The summed E-state index contributed by atoms with van der Waals surface area (Å²) in [7, 11) is 0. The summed E-state index contributed by atoms with van der Waals surface area (Å²) in [6.07, 6.45) is -3.11. The van der Waals surface area contributed by atoms with Crippen LogP contribution in [0.4, 0.5) is 13.2 Å². The Bertz CT molecular complexity index is 875. The number of Topliss-reactive ketones (excluding diaryl/α,β-unsaturated/α-hetero) is 1. The van der Waals surface area contributed by atoms with E-state index in [-0.39, 0.29) is 12.0 Å². The average molecular weight is 316 g/mol. The first-order valence-corrected chi connectivity index (χ1v) is 6.84. The predicted octanol–water partition coefficient (Wildman–Crippen LogP) is 4.07. The molecule has 0 aliphatic heterocycles. The lowest BCUT2D eigenvalue weighted by molar-refractivity contribution is -0.137. The Balaban J connectivity index is 1.86. The number of para-hydroxylation sites is 2. The Morgan fingerprint density at radius 3 is 2.48 bits per heavy atom. The molecule has 2 aromatic carbocycles. The van der Waals surface area contributed by atoms with Crippen LogP contribution in [0.3, 0.4) is 0 Å². The zero-order valence-corrected chi connectivity index (χ0v) is 11.8. The first-order chi connectivity index (χ1) is 10.9. The highest BCUT2D eigenvalue weighted by Gasteiger charge is 2.30. The highest BCUT2D eigenvalue weighted by molar-refractivity contribution is 5.97.